The molecule has 6 heteroatoms. The van der Waals surface area contributed by atoms with Gasteiger partial charge in [0, 0.05) is 7.05 Å². The molecule has 1 heterocycles. The van der Waals surface area contributed by atoms with Gasteiger partial charge in [0.1, 0.15) is 17.2 Å². The van der Waals surface area contributed by atoms with Crippen LogP contribution in [0, 0.1) is 0 Å². The van der Waals surface area contributed by atoms with Crippen LogP contribution in [0.2, 0.25) is 5.02 Å². The van der Waals surface area contributed by atoms with Gasteiger partial charge in [-0.25, -0.2) is 9.78 Å². The molecule has 0 bridgehead atoms. The molecule has 3 N–H and O–H groups in total. The Bertz CT molecular complexity index is 382. The second kappa shape index (κ2) is 4.84. The van der Waals surface area contributed by atoms with Crippen LogP contribution >= 0.6 is 11.6 Å². The minimum atomic E-state index is -0.521. The summed E-state index contributed by atoms with van der Waals surface area (Å²) in [6.07, 6.45) is 0. The van der Waals surface area contributed by atoms with Crippen LogP contribution < -0.4 is 11.1 Å². The Morgan fingerprint density at radius 2 is 2.40 bits per heavy atom. The molecule has 1 aromatic rings. The number of pyridine rings is 1. The molecule has 82 valence electrons. The topological polar surface area (TPSA) is 77.2 Å². The fourth-order valence-corrected chi connectivity index (χ4v) is 1.30. The van der Waals surface area contributed by atoms with Gasteiger partial charge < -0.3 is 15.8 Å². The Labute approximate surface area is 92.6 Å². The van der Waals surface area contributed by atoms with Gasteiger partial charge >= 0.3 is 5.97 Å². The van der Waals surface area contributed by atoms with Crippen LogP contribution in [0.15, 0.2) is 6.07 Å². The highest BCUT2D eigenvalue weighted by atomic mass is 35.5. The Kier molecular flexibility index (Phi) is 3.74. The highest BCUT2D eigenvalue weighted by molar-refractivity contribution is 6.33. The van der Waals surface area contributed by atoms with Gasteiger partial charge in [0.25, 0.3) is 0 Å². The molecule has 0 atom stereocenters. The van der Waals surface area contributed by atoms with E-state index in [1.54, 1.807) is 14.0 Å². The molecule has 0 aliphatic heterocycles. The number of nitrogens with two attached hydrogens (primary N) is 1. The number of halogens is 1. The molecule has 0 unspecified atom stereocenters. The third-order valence-electron chi connectivity index (χ3n) is 1.74. The molecular weight excluding hydrogens is 218 g/mol. The van der Waals surface area contributed by atoms with Crippen molar-refractivity contribution in [2.24, 2.45) is 0 Å². The molecule has 0 fully saturated rings. The first-order valence-corrected chi connectivity index (χ1v) is 4.78. The number of anilines is 2. The molecule has 0 aliphatic rings. The predicted molar refractivity (Wildman–Crippen MR) is 59.2 cm³/mol. The number of ether oxygens (including phenoxy) is 1. The largest absolute Gasteiger partial charge is 0.462 e. The second-order valence-corrected chi connectivity index (χ2v) is 3.13. The van der Waals surface area contributed by atoms with Crippen molar-refractivity contribution in [1.29, 1.82) is 0 Å². The van der Waals surface area contributed by atoms with Gasteiger partial charge in [-0.05, 0) is 13.0 Å². The average Bonchev–Trinajstić information content (AvgIpc) is 2.21. The average molecular weight is 230 g/mol. The van der Waals surface area contributed by atoms with E-state index in [0.717, 1.165) is 0 Å². The van der Waals surface area contributed by atoms with Crippen molar-refractivity contribution in [3.63, 3.8) is 0 Å². The number of nitrogen functional groups attached to an aromatic ring is 1. The van der Waals surface area contributed by atoms with Crippen LogP contribution in [0.1, 0.15) is 17.3 Å². The van der Waals surface area contributed by atoms with Crippen LogP contribution in [0.5, 0.6) is 0 Å². The Morgan fingerprint density at radius 1 is 1.73 bits per heavy atom. The van der Waals surface area contributed by atoms with Crippen molar-refractivity contribution in [2.75, 3.05) is 24.7 Å². The van der Waals surface area contributed by atoms with E-state index in [0.29, 0.717) is 10.8 Å². The van der Waals surface area contributed by atoms with Crippen LogP contribution in [0.25, 0.3) is 0 Å². The van der Waals surface area contributed by atoms with Gasteiger partial charge in [-0.2, -0.15) is 0 Å². The molecule has 0 radical (unpaired) electrons. The number of carbonyl (C=O) groups is 1. The van der Waals surface area contributed by atoms with E-state index in [4.69, 9.17) is 22.1 Å². The summed E-state index contributed by atoms with van der Waals surface area (Å²) < 4.78 is 4.80. The molecule has 0 saturated heterocycles. The molecule has 0 aliphatic carbocycles. The molecule has 5 nitrogen and oxygen atoms in total. The third kappa shape index (κ3) is 2.50. The van der Waals surface area contributed by atoms with Crippen molar-refractivity contribution in [3.8, 4) is 0 Å². The second-order valence-electron chi connectivity index (χ2n) is 2.72. The van der Waals surface area contributed by atoms with Crippen molar-refractivity contribution >= 4 is 29.2 Å². The summed E-state index contributed by atoms with van der Waals surface area (Å²) >= 11 is 5.86. The predicted octanol–water partition coefficient (Wildman–Crippen LogP) is 1.54. The number of hydrogen-bond donors (Lipinski definition) is 2. The number of esters is 1. The molecule has 0 saturated carbocycles. The number of aromatic nitrogens is 1. The van der Waals surface area contributed by atoms with Gasteiger partial charge in [0.15, 0.2) is 0 Å². The summed E-state index contributed by atoms with van der Waals surface area (Å²) in [6, 6.07) is 1.44. The Balaban J connectivity index is 3.10. The first kappa shape index (κ1) is 11.6. The SMILES string of the molecule is CCOC(=O)c1cc(Cl)c(NC)nc1N. The lowest BCUT2D eigenvalue weighted by atomic mass is 10.2. The van der Waals surface area contributed by atoms with E-state index >= 15 is 0 Å². The van der Waals surface area contributed by atoms with E-state index in [-0.39, 0.29) is 18.0 Å². The number of nitrogens with one attached hydrogen (secondary N) is 1. The third-order valence-corrected chi connectivity index (χ3v) is 2.03. The maximum Gasteiger partial charge on any atom is 0.341 e. The van der Waals surface area contributed by atoms with E-state index in [2.05, 4.69) is 10.3 Å². The number of carbonyl (C=O) groups excluding carboxylic acids is 1. The van der Waals surface area contributed by atoms with Crippen molar-refractivity contribution in [2.45, 2.75) is 6.92 Å². The lowest BCUT2D eigenvalue weighted by Crippen LogP contribution is -2.10. The molecule has 1 rings (SSSR count). The quantitative estimate of drug-likeness (QED) is 0.769. The number of nitrogens with zero attached hydrogens (tertiary/aromatic N) is 1. The van der Waals surface area contributed by atoms with Crippen molar-refractivity contribution < 1.29 is 9.53 Å². The number of hydrogen-bond acceptors (Lipinski definition) is 5. The lowest BCUT2D eigenvalue weighted by Gasteiger charge is -2.08. The van der Waals surface area contributed by atoms with Gasteiger partial charge in [-0.3, -0.25) is 0 Å². The summed E-state index contributed by atoms with van der Waals surface area (Å²) in [5, 5.41) is 3.09. The van der Waals surface area contributed by atoms with E-state index in [9.17, 15) is 4.79 Å². The molecule has 1 aromatic heterocycles. The van der Waals surface area contributed by atoms with Crippen LogP contribution in [0.3, 0.4) is 0 Å². The first-order valence-electron chi connectivity index (χ1n) is 4.41. The summed E-state index contributed by atoms with van der Waals surface area (Å²) in [6.45, 7) is 1.99. The van der Waals surface area contributed by atoms with E-state index < -0.39 is 5.97 Å². The normalized spacial score (nSPS) is 9.80. The molecule has 0 spiro atoms. The summed E-state index contributed by atoms with van der Waals surface area (Å²) in [4.78, 5) is 15.3. The fourth-order valence-electron chi connectivity index (χ4n) is 1.05. The van der Waals surface area contributed by atoms with Gasteiger partial charge in [0.05, 0.1) is 11.6 Å². The molecular formula is C9H12ClN3O2. The zero-order valence-electron chi connectivity index (χ0n) is 8.50. The summed E-state index contributed by atoms with van der Waals surface area (Å²) in [7, 11) is 1.66. The van der Waals surface area contributed by atoms with Gasteiger partial charge in [-0.1, -0.05) is 11.6 Å². The van der Waals surface area contributed by atoms with E-state index in [1.807, 2.05) is 0 Å². The minimum Gasteiger partial charge on any atom is -0.462 e. The van der Waals surface area contributed by atoms with Crippen LogP contribution in [-0.2, 0) is 4.74 Å². The van der Waals surface area contributed by atoms with Crippen molar-refractivity contribution in [3.05, 3.63) is 16.7 Å². The Morgan fingerprint density at radius 3 is 2.93 bits per heavy atom. The van der Waals surface area contributed by atoms with Crippen LogP contribution in [0.4, 0.5) is 11.6 Å². The standard InChI is InChI=1S/C9H12ClN3O2/c1-3-15-9(14)5-4-6(10)8(12-2)13-7(5)11/h4H,3H2,1-2H3,(H3,11,12,13). The van der Waals surface area contributed by atoms with Crippen molar-refractivity contribution in [1.82, 2.24) is 4.98 Å². The van der Waals surface area contributed by atoms with Gasteiger partial charge in [-0.15, -0.1) is 0 Å². The molecule has 15 heavy (non-hydrogen) atoms. The maximum atomic E-state index is 11.4. The minimum absolute atomic E-state index is 0.0993. The fraction of sp³-hybridized carbons (Fsp3) is 0.333. The molecule has 0 aromatic carbocycles. The maximum absolute atomic E-state index is 11.4. The zero-order chi connectivity index (χ0) is 11.4. The highest BCUT2D eigenvalue weighted by Crippen LogP contribution is 2.24. The number of rotatable bonds is 3. The highest BCUT2D eigenvalue weighted by Gasteiger charge is 2.14. The smallest absolute Gasteiger partial charge is 0.341 e. The first-order chi connectivity index (χ1) is 7.10. The summed E-state index contributed by atoms with van der Waals surface area (Å²) in [5.41, 5.74) is 5.77. The summed E-state index contributed by atoms with van der Waals surface area (Å²) in [5.74, 6) is 0.0106. The molecule has 0 amide bonds. The Hall–Kier alpha value is -1.49. The van der Waals surface area contributed by atoms with Crippen LogP contribution in [-0.4, -0.2) is 24.6 Å². The zero-order valence-corrected chi connectivity index (χ0v) is 9.26. The van der Waals surface area contributed by atoms with E-state index in [1.165, 1.54) is 6.07 Å². The monoisotopic (exact) mass is 229 g/mol. The lowest BCUT2D eigenvalue weighted by molar-refractivity contribution is 0.0527. The van der Waals surface area contributed by atoms with Gasteiger partial charge in [0.2, 0.25) is 0 Å².